The van der Waals surface area contributed by atoms with E-state index < -0.39 is 0 Å². The average molecular weight is 541 g/mol. The van der Waals surface area contributed by atoms with Gasteiger partial charge in [-0.25, -0.2) is 0 Å². The van der Waals surface area contributed by atoms with Gasteiger partial charge in [0.15, 0.2) is 11.7 Å². The molecule has 170 valence electrons. The molecule has 2 bridgehead atoms. The van der Waals surface area contributed by atoms with Gasteiger partial charge in [-0.3, -0.25) is 19.5 Å². The normalized spacial score (nSPS) is 26.6. The molecule has 2 aliphatic carbocycles. The Morgan fingerprint density at radius 3 is 2.42 bits per heavy atom. The van der Waals surface area contributed by atoms with E-state index in [0.717, 1.165) is 30.7 Å². The van der Waals surface area contributed by atoms with Gasteiger partial charge in [0, 0.05) is 32.1 Å². The van der Waals surface area contributed by atoms with Crippen LogP contribution in [0.3, 0.4) is 0 Å². The number of allylic oxidation sites excluding steroid dienone is 2. The van der Waals surface area contributed by atoms with E-state index in [2.05, 4.69) is 46.8 Å². The van der Waals surface area contributed by atoms with Crippen molar-refractivity contribution in [1.29, 1.82) is 0 Å². The number of nitrogens with one attached hydrogen (secondary N) is 2. The molecule has 4 atom stereocenters. The van der Waals surface area contributed by atoms with Crippen LogP contribution in [-0.4, -0.2) is 48.0 Å². The molecule has 8 nitrogen and oxygen atoms in total. The molecule has 1 aliphatic heterocycles. The van der Waals surface area contributed by atoms with Crippen molar-refractivity contribution in [3.05, 3.63) is 29.7 Å². The highest BCUT2D eigenvalue weighted by atomic mass is 127. The molecule has 2 fully saturated rings. The van der Waals surface area contributed by atoms with E-state index in [0.29, 0.717) is 31.5 Å². The maximum Gasteiger partial charge on any atom is 0.233 e. The Hall–Kier alpha value is -1.91. The maximum absolute atomic E-state index is 12.7. The maximum atomic E-state index is 12.7. The number of guanidine groups is 1. The number of imide groups is 1. The number of amides is 2. The molecule has 4 unspecified atom stereocenters. The van der Waals surface area contributed by atoms with Crippen LogP contribution in [0.4, 0.5) is 0 Å². The largest absolute Gasteiger partial charge is 0.359 e. The monoisotopic (exact) mass is 541 g/mol. The van der Waals surface area contributed by atoms with Crippen molar-refractivity contribution < 1.29 is 14.1 Å². The molecule has 31 heavy (non-hydrogen) atoms. The molecule has 1 aromatic rings. The van der Waals surface area contributed by atoms with E-state index in [1.165, 1.54) is 4.90 Å². The summed E-state index contributed by atoms with van der Waals surface area (Å²) in [6.07, 6.45) is 7.25. The molecule has 1 saturated heterocycles. The number of aliphatic imine (C=N–C) groups is 1. The van der Waals surface area contributed by atoms with Crippen LogP contribution in [0.5, 0.6) is 0 Å². The molecule has 2 amide bonds. The molecule has 0 radical (unpaired) electrons. The summed E-state index contributed by atoms with van der Waals surface area (Å²) in [5, 5.41) is 10.5. The van der Waals surface area contributed by atoms with Gasteiger partial charge in [-0.05, 0) is 31.1 Å². The minimum atomic E-state index is -0.138. The van der Waals surface area contributed by atoms with Crippen LogP contribution in [0.15, 0.2) is 27.7 Å². The molecule has 0 aromatic carbocycles. The summed E-state index contributed by atoms with van der Waals surface area (Å²) in [5.41, 5.74) is 0.986. The van der Waals surface area contributed by atoms with E-state index in [4.69, 9.17) is 4.52 Å². The van der Waals surface area contributed by atoms with E-state index in [-0.39, 0.29) is 59.5 Å². The number of carbonyl (C=O) groups excluding carboxylic acids is 2. The van der Waals surface area contributed by atoms with Crippen LogP contribution < -0.4 is 10.6 Å². The second-order valence-electron chi connectivity index (χ2n) is 8.41. The summed E-state index contributed by atoms with van der Waals surface area (Å²) in [7, 11) is 1.69. The molecule has 1 saturated carbocycles. The predicted molar refractivity (Wildman–Crippen MR) is 128 cm³/mol. The van der Waals surface area contributed by atoms with Crippen molar-refractivity contribution in [3.63, 3.8) is 0 Å². The van der Waals surface area contributed by atoms with Gasteiger partial charge in [0.25, 0.3) is 0 Å². The van der Waals surface area contributed by atoms with E-state index in [1.807, 2.05) is 6.07 Å². The standard InChI is InChI=1S/C22H31N5O3.HI/c1-4-13(5-2)17-11-16(30-26-17)12-25-22(23-3)24-8-9-27-20(28)18-14-6-7-15(10-14)19(18)21(27)29;/h6-7,11,13-15,18-19H,4-5,8-10,12H2,1-3H3,(H2,23,24,25);1H. The van der Waals surface area contributed by atoms with Crippen molar-refractivity contribution in [2.45, 2.75) is 45.6 Å². The third-order valence-electron chi connectivity index (χ3n) is 6.82. The number of rotatable bonds is 8. The van der Waals surface area contributed by atoms with E-state index in [1.54, 1.807) is 7.05 Å². The second-order valence-corrected chi connectivity index (χ2v) is 8.41. The van der Waals surface area contributed by atoms with Gasteiger partial charge in [-0.1, -0.05) is 31.2 Å². The SMILES string of the molecule is CCC(CC)c1cc(CNC(=NC)NCCN2C(=O)C3C4C=CC(C4)C3C2=O)on1.I. The minimum absolute atomic E-state index is 0. The zero-order valence-corrected chi connectivity index (χ0v) is 20.7. The molecule has 0 spiro atoms. The van der Waals surface area contributed by atoms with Crippen molar-refractivity contribution in [2.24, 2.45) is 28.7 Å². The summed E-state index contributed by atoms with van der Waals surface area (Å²) in [6.45, 7) is 5.57. The first-order chi connectivity index (χ1) is 14.6. The van der Waals surface area contributed by atoms with Gasteiger partial charge in [-0.2, -0.15) is 0 Å². The number of fused-ring (bicyclic) bond motifs is 5. The number of nitrogens with zero attached hydrogens (tertiary/aromatic N) is 3. The van der Waals surface area contributed by atoms with Gasteiger partial charge in [-0.15, -0.1) is 24.0 Å². The molecule has 4 rings (SSSR count). The number of hydrogen-bond acceptors (Lipinski definition) is 5. The van der Waals surface area contributed by atoms with E-state index >= 15 is 0 Å². The quantitative estimate of drug-likeness (QED) is 0.173. The van der Waals surface area contributed by atoms with Gasteiger partial charge in [0.05, 0.1) is 24.1 Å². The molecule has 9 heteroatoms. The van der Waals surface area contributed by atoms with Crippen LogP contribution in [0.25, 0.3) is 0 Å². The highest BCUT2D eigenvalue weighted by Gasteiger charge is 2.58. The Labute approximate surface area is 200 Å². The van der Waals surface area contributed by atoms with E-state index in [9.17, 15) is 9.59 Å². The van der Waals surface area contributed by atoms with Crippen LogP contribution in [-0.2, 0) is 16.1 Å². The van der Waals surface area contributed by atoms with Crippen LogP contribution >= 0.6 is 24.0 Å². The minimum Gasteiger partial charge on any atom is -0.359 e. The lowest BCUT2D eigenvalue weighted by Gasteiger charge is -2.18. The summed E-state index contributed by atoms with van der Waals surface area (Å²) in [6, 6.07) is 1.99. The lowest BCUT2D eigenvalue weighted by Crippen LogP contribution is -2.43. The van der Waals surface area contributed by atoms with Gasteiger partial charge < -0.3 is 15.2 Å². The van der Waals surface area contributed by atoms with Crippen LogP contribution in [0.1, 0.15) is 50.5 Å². The Balaban J connectivity index is 0.00000272. The summed E-state index contributed by atoms with van der Waals surface area (Å²) in [5.74, 6) is 1.95. The molecule has 3 aliphatic rings. The number of halogens is 1. The number of likely N-dealkylation sites (tertiary alicyclic amines) is 1. The Morgan fingerprint density at radius 2 is 1.84 bits per heavy atom. The van der Waals surface area contributed by atoms with Gasteiger partial charge in [0.2, 0.25) is 11.8 Å². The van der Waals surface area contributed by atoms with Gasteiger partial charge in [0.1, 0.15) is 0 Å². The third kappa shape index (κ3) is 4.51. The first-order valence-corrected chi connectivity index (χ1v) is 11.0. The number of aromatic nitrogens is 1. The Morgan fingerprint density at radius 1 is 1.19 bits per heavy atom. The fourth-order valence-electron chi connectivity index (χ4n) is 5.17. The first-order valence-electron chi connectivity index (χ1n) is 11.0. The molecular formula is C22H32IN5O3. The number of hydrogen-bond donors (Lipinski definition) is 2. The smallest absolute Gasteiger partial charge is 0.233 e. The molecule has 2 heterocycles. The Kier molecular flexibility index (Phi) is 7.77. The number of carbonyl (C=O) groups is 2. The van der Waals surface area contributed by atoms with Gasteiger partial charge >= 0.3 is 0 Å². The molecular weight excluding hydrogens is 509 g/mol. The summed E-state index contributed by atoms with van der Waals surface area (Å²) < 4.78 is 5.43. The predicted octanol–water partition coefficient (Wildman–Crippen LogP) is 2.67. The summed E-state index contributed by atoms with van der Waals surface area (Å²) >= 11 is 0. The van der Waals surface area contributed by atoms with Crippen LogP contribution in [0, 0.1) is 23.7 Å². The van der Waals surface area contributed by atoms with Crippen molar-refractivity contribution >= 4 is 41.8 Å². The lowest BCUT2D eigenvalue weighted by atomic mass is 9.85. The second kappa shape index (κ2) is 10.1. The molecule has 2 N–H and O–H groups in total. The third-order valence-corrected chi connectivity index (χ3v) is 6.82. The highest BCUT2D eigenvalue weighted by molar-refractivity contribution is 14.0. The molecule has 1 aromatic heterocycles. The first kappa shape index (κ1) is 23.7. The fraction of sp³-hybridized carbons (Fsp3) is 0.636. The zero-order chi connectivity index (χ0) is 21.3. The zero-order valence-electron chi connectivity index (χ0n) is 18.3. The van der Waals surface area contributed by atoms with Crippen LogP contribution in [0.2, 0.25) is 0 Å². The van der Waals surface area contributed by atoms with Crippen molar-refractivity contribution in [2.75, 3.05) is 20.1 Å². The van der Waals surface area contributed by atoms with Crippen molar-refractivity contribution in [3.8, 4) is 0 Å². The highest BCUT2D eigenvalue weighted by Crippen LogP contribution is 2.52. The van der Waals surface area contributed by atoms with Crippen molar-refractivity contribution in [1.82, 2.24) is 20.7 Å². The average Bonchev–Trinajstić information content (AvgIpc) is 3.52. The topological polar surface area (TPSA) is 99.8 Å². The fourth-order valence-corrected chi connectivity index (χ4v) is 5.17. The summed E-state index contributed by atoms with van der Waals surface area (Å²) in [4.78, 5) is 31.1. The lowest BCUT2D eigenvalue weighted by molar-refractivity contribution is -0.140. The Bertz CT molecular complexity index is 833.